The molecule has 1 fully saturated rings. The van der Waals surface area contributed by atoms with Gasteiger partial charge >= 0.3 is 0 Å². The number of aromatic nitrogens is 2. The fourth-order valence-electron chi connectivity index (χ4n) is 4.37. The zero-order valence-corrected chi connectivity index (χ0v) is 18.2. The molecule has 0 aliphatic carbocycles. The first kappa shape index (κ1) is 21.1. The lowest BCUT2D eigenvalue weighted by atomic mass is 9.90. The molecule has 3 aromatic rings. The Kier molecular flexibility index (Phi) is 6.35. The molecule has 0 atom stereocenters. The molecule has 1 aliphatic heterocycles. The quantitative estimate of drug-likeness (QED) is 0.613. The summed E-state index contributed by atoms with van der Waals surface area (Å²) in [7, 11) is 1.68. The molecule has 0 spiro atoms. The number of carbonyl (C=O) groups is 1. The highest BCUT2D eigenvalue weighted by atomic mass is 16.5. The number of amides is 1. The second-order valence-corrected chi connectivity index (χ2v) is 8.30. The predicted molar refractivity (Wildman–Crippen MR) is 121 cm³/mol. The van der Waals surface area contributed by atoms with Gasteiger partial charge in [-0.3, -0.25) is 9.59 Å². The van der Waals surface area contributed by atoms with Crippen molar-refractivity contribution in [3.05, 3.63) is 70.1 Å². The molecule has 0 bridgehead atoms. The summed E-state index contributed by atoms with van der Waals surface area (Å²) < 4.78 is 6.53. The van der Waals surface area contributed by atoms with Gasteiger partial charge in [0.05, 0.1) is 18.2 Å². The molecule has 0 saturated carbocycles. The number of methoxy groups -OCH3 is 1. The zero-order chi connectivity index (χ0) is 21.8. The number of ether oxygens (including phenoxy) is 1. The van der Waals surface area contributed by atoms with Gasteiger partial charge in [0.1, 0.15) is 12.3 Å². The summed E-state index contributed by atoms with van der Waals surface area (Å²) in [6, 6.07) is 15.7. The third-order valence-corrected chi connectivity index (χ3v) is 6.30. The van der Waals surface area contributed by atoms with Crippen LogP contribution in [0, 0.1) is 12.8 Å². The largest absolute Gasteiger partial charge is 0.497 e. The molecule has 0 unspecified atom stereocenters. The average Bonchev–Trinajstić information content (AvgIpc) is 2.81. The molecule has 6 nitrogen and oxygen atoms in total. The second-order valence-electron chi connectivity index (χ2n) is 8.30. The molecule has 1 aliphatic rings. The SMILES string of the molecule is COc1ccc(CCC2CCN(C(=O)Cn3nc(C)c4ccccc4c3=O)CC2)cc1. The van der Waals surface area contributed by atoms with Crippen molar-refractivity contribution >= 4 is 16.7 Å². The maximum absolute atomic E-state index is 12.8. The van der Waals surface area contributed by atoms with Gasteiger partial charge in [0, 0.05) is 18.5 Å². The highest BCUT2D eigenvalue weighted by Crippen LogP contribution is 2.23. The van der Waals surface area contributed by atoms with E-state index in [0.717, 1.165) is 55.6 Å². The third kappa shape index (κ3) is 4.79. The van der Waals surface area contributed by atoms with Gasteiger partial charge in [-0.15, -0.1) is 0 Å². The fourth-order valence-corrected chi connectivity index (χ4v) is 4.37. The Balaban J connectivity index is 1.32. The number of benzene rings is 2. The van der Waals surface area contributed by atoms with Crippen molar-refractivity contribution in [1.29, 1.82) is 0 Å². The average molecular weight is 420 g/mol. The van der Waals surface area contributed by atoms with E-state index in [2.05, 4.69) is 17.2 Å². The number of hydrogen-bond acceptors (Lipinski definition) is 4. The third-order valence-electron chi connectivity index (χ3n) is 6.30. The normalized spacial score (nSPS) is 14.7. The van der Waals surface area contributed by atoms with Crippen LogP contribution in [0.1, 0.15) is 30.5 Å². The first-order valence-electron chi connectivity index (χ1n) is 10.9. The monoisotopic (exact) mass is 419 g/mol. The van der Waals surface area contributed by atoms with Gasteiger partial charge in [-0.05, 0) is 62.3 Å². The lowest BCUT2D eigenvalue weighted by Gasteiger charge is -2.32. The van der Waals surface area contributed by atoms with E-state index in [1.807, 2.05) is 42.2 Å². The van der Waals surface area contributed by atoms with Crippen LogP contribution in [-0.2, 0) is 17.8 Å². The summed E-state index contributed by atoms with van der Waals surface area (Å²) in [6.45, 7) is 3.36. The minimum Gasteiger partial charge on any atom is -0.497 e. The van der Waals surface area contributed by atoms with Crippen molar-refractivity contribution in [2.24, 2.45) is 5.92 Å². The Bertz CT molecular complexity index is 1110. The highest BCUT2D eigenvalue weighted by Gasteiger charge is 2.23. The van der Waals surface area contributed by atoms with Gasteiger partial charge in [-0.25, -0.2) is 4.68 Å². The van der Waals surface area contributed by atoms with Crippen molar-refractivity contribution < 1.29 is 9.53 Å². The van der Waals surface area contributed by atoms with E-state index in [-0.39, 0.29) is 18.0 Å². The molecule has 162 valence electrons. The van der Waals surface area contributed by atoms with Gasteiger partial charge in [-0.1, -0.05) is 30.3 Å². The summed E-state index contributed by atoms with van der Waals surface area (Å²) >= 11 is 0. The maximum atomic E-state index is 12.8. The topological polar surface area (TPSA) is 64.4 Å². The van der Waals surface area contributed by atoms with Crippen molar-refractivity contribution in [3.8, 4) is 5.75 Å². The summed E-state index contributed by atoms with van der Waals surface area (Å²) in [5.41, 5.74) is 1.88. The molecular weight excluding hydrogens is 390 g/mol. The molecule has 0 N–H and O–H groups in total. The first-order valence-corrected chi connectivity index (χ1v) is 10.9. The maximum Gasteiger partial charge on any atom is 0.275 e. The molecule has 1 saturated heterocycles. The van der Waals surface area contributed by atoms with E-state index in [0.29, 0.717) is 11.3 Å². The molecule has 2 aromatic carbocycles. The Hall–Kier alpha value is -3.15. The van der Waals surface area contributed by atoms with E-state index < -0.39 is 0 Å². The molecular formula is C25H29N3O3. The van der Waals surface area contributed by atoms with Gasteiger partial charge in [-0.2, -0.15) is 5.10 Å². The van der Waals surface area contributed by atoms with Crippen LogP contribution in [0.5, 0.6) is 5.75 Å². The number of aryl methyl sites for hydroxylation is 2. The molecule has 6 heteroatoms. The number of rotatable bonds is 6. The number of nitrogens with zero attached hydrogens (tertiary/aromatic N) is 3. The van der Waals surface area contributed by atoms with E-state index >= 15 is 0 Å². The second kappa shape index (κ2) is 9.33. The summed E-state index contributed by atoms with van der Waals surface area (Å²) in [5.74, 6) is 1.47. The Morgan fingerprint density at radius 1 is 1.06 bits per heavy atom. The van der Waals surface area contributed by atoms with E-state index in [1.54, 1.807) is 13.2 Å². The van der Waals surface area contributed by atoms with Gasteiger partial charge in [0.15, 0.2) is 0 Å². The van der Waals surface area contributed by atoms with E-state index in [4.69, 9.17) is 4.74 Å². The number of carbonyl (C=O) groups excluding carboxylic acids is 1. The Morgan fingerprint density at radius 3 is 2.42 bits per heavy atom. The molecule has 0 radical (unpaired) electrons. The van der Waals surface area contributed by atoms with Crippen molar-refractivity contribution in [2.75, 3.05) is 20.2 Å². The van der Waals surface area contributed by atoms with Crippen LogP contribution in [0.15, 0.2) is 53.3 Å². The number of likely N-dealkylation sites (tertiary alicyclic amines) is 1. The summed E-state index contributed by atoms with van der Waals surface area (Å²) in [6.07, 6.45) is 4.17. The van der Waals surface area contributed by atoms with Crippen molar-refractivity contribution in [2.45, 2.75) is 39.2 Å². The predicted octanol–water partition coefficient (Wildman–Crippen LogP) is 3.58. The number of fused-ring (bicyclic) bond motifs is 1. The van der Waals surface area contributed by atoms with Gasteiger partial charge in [0.2, 0.25) is 5.91 Å². The minimum atomic E-state index is -0.205. The summed E-state index contributed by atoms with van der Waals surface area (Å²) in [4.78, 5) is 27.4. The van der Waals surface area contributed by atoms with E-state index in [1.165, 1.54) is 10.2 Å². The van der Waals surface area contributed by atoms with Crippen LogP contribution < -0.4 is 10.3 Å². The molecule has 1 amide bonds. The summed E-state index contributed by atoms with van der Waals surface area (Å²) in [5, 5.41) is 5.83. The standard InChI is InChI=1S/C25H29N3O3/c1-18-22-5-3-4-6-23(22)25(30)28(26-18)17-24(29)27-15-13-20(14-16-27)8-7-19-9-11-21(31-2)12-10-19/h3-6,9-12,20H,7-8,13-17H2,1-2H3. The highest BCUT2D eigenvalue weighted by molar-refractivity contribution is 5.83. The molecule has 1 aromatic heterocycles. The molecule has 2 heterocycles. The zero-order valence-electron chi connectivity index (χ0n) is 18.2. The van der Waals surface area contributed by atoms with Crippen molar-refractivity contribution in [3.63, 3.8) is 0 Å². The van der Waals surface area contributed by atoms with Crippen LogP contribution in [0.4, 0.5) is 0 Å². The molecule has 31 heavy (non-hydrogen) atoms. The van der Waals surface area contributed by atoms with E-state index in [9.17, 15) is 9.59 Å². The van der Waals surface area contributed by atoms with Crippen LogP contribution in [0.25, 0.3) is 10.8 Å². The Morgan fingerprint density at radius 2 is 1.74 bits per heavy atom. The minimum absolute atomic E-state index is 0.00101. The van der Waals surface area contributed by atoms with Crippen LogP contribution in [0.3, 0.4) is 0 Å². The molecule has 4 rings (SSSR count). The number of piperidine rings is 1. The Labute approximate surface area is 182 Å². The van der Waals surface area contributed by atoms with Gasteiger partial charge in [0.25, 0.3) is 5.56 Å². The lowest BCUT2D eigenvalue weighted by Crippen LogP contribution is -2.42. The van der Waals surface area contributed by atoms with Crippen LogP contribution >= 0.6 is 0 Å². The smallest absolute Gasteiger partial charge is 0.275 e. The van der Waals surface area contributed by atoms with Crippen LogP contribution in [0.2, 0.25) is 0 Å². The lowest BCUT2D eigenvalue weighted by molar-refractivity contribution is -0.133. The fraction of sp³-hybridized carbons (Fsp3) is 0.400. The van der Waals surface area contributed by atoms with Crippen LogP contribution in [-0.4, -0.2) is 40.8 Å². The van der Waals surface area contributed by atoms with Gasteiger partial charge < -0.3 is 9.64 Å². The first-order chi connectivity index (χ1) is 15.0. The number of hydrogen-bond donors (Lipinski definition) is 0. The van der Waals surface area contributed by atoms with Crippen molar-refractivity contribution in [1.82, 2.24) is 14.7 Å².